The van der Waals surface area contributed by atoms with E-state index in [9.17, 15) is 19.2 Å². The standard InChI is InChI=1S/C29H53N3O7/c1-3-14-25(2)32-28(35)18-17-27(34)31-20-13-24-39-22-11-10-21-38-23-12-19-30-26(33)15-8-6-4-5-7-9-16-29(36)37/h25H,1-24H2,(H,30,33)(H,31,34)(H,32,35)(H,36,37). The van der Waals surface area contributed by atoms with Crippen molar-refractivity contribution >= 4 is 23.7 Å². The normalized spacial score (nSPS) is 11.6. The third-order valence-electron chi connectivity index (χ3n) is 5.94. The molecule has 0 rings (SSSR count). The maximum absolute atomic E-state index is 11.8. The molecule has 1 unspecified atom stereocenters. The zero-order valence-electron chi connectivity index (χ0n) is 23.9. The van der Waals surface area contributed by atoms with Crippen LogP contribution in [0.25, 0.3) is 0 Å². The van der Waals surface area contributed by atoms with Crippen molar-refractivity contribution in [1.29, 1.82) is 0 Å². The smallest absolute Gasteiger partial charge is 0.303 e. The third kappa shape index (κ3) is 28.6. The summed E-state index contributed by atoms with van der Waals surface area (Å²) < 4.78 is 11.2. The molecule has 0 bridgehead atoms. The average Bonchev–Trinajstić information content (AvgIpc) is 2.89. The number of unbranched alkanes of at least 4 members (excludes halogenated alkanes) is 6. The predicted molar refractivity (Wildman–Crippen MR) is 152 cm³/mol. The molecule has 0 saturated heterocycles. The van der Waals surface area contributed by atoms with Gasteiger partial charge < -0.3 is 30.5 Å². The summed E-state index contributed by atoms with van der Waals surface area (Å²) >= 11 is 0. The van der Waals surface area contributed by atoms with E-state index < -0.39 is 5.97 Å². The number of carbonyl (C=O) groups is 4. The summed E-state index contributed by atoms with van der Waals surface area (Å²) in [4.78, 5) is 45.8. The highest BCUT2D eigenvalue weighted by Crippen LogP contribution is 2.08. The van der Waals surface area contributed by atoms with Gasteiger partial charge in [0.2, 0.25) is 17.7 Å². The molecule has 0 aromatic rings. The number of ether oxygens (including phenoxy) is 2. The molecule has 10 heteroatoms. The minimum absolute atomic E-state index is 0.0772. The minimum atomic E-state index is -0.736. The van der Waals surface area contributed by atoms with E-state index in [2.05, 4.69) is 29.8 Å². The van der Waals surface area contributed by atoms with E-state index in [1.165, 1.54) is 0 Å². The Bertz CT molecular complexity index is 646. The van der Waals surface area contributed by atoms with Crippen molar-refractivity contribution in [1.82, 2.24) is 16.0 Å². The van der Waals surface area contributed by atoms with Gasteiger partial charge in [-0.1, -0.05) is 39.0 Å². The molecule has 2 radical (unpaired) electrons. The largest absolute Gasteiger partial charge is 0.481 e. The molecule has 0 aromatic heterocycles. The van der Waals surface area contributed by atoms with E-state index in [0.717, 1.165) is 70.6 Å². The lowest BCUT2D eigenvalue weighted by molar-refractivity contribution is -0.137. The summed E-state index contributed by atoms with van der Waals surface area (Å²) in [5.41, 5.74) is 0. The second kappa shape index (κ2) is 27.4. The van der Waals surface area contributed by atoms with Crippen LogP contribution in [0.2, 0.25) is 0 Å². The van der Waals surface area contributed by atoms with Crippen molar-refractivity contribution < 1.29 is 33.8 Å². The highest BCUT2D eigenvalue weighted by Gasteiger charge is 2.09. The summed E-state index contributed by atoms with van der Waals surface area (Å²) in [6.45, 7) is 11.2. The van der Waals surface area contributed by atoms with E-state index >= 15 is 0 Å². The number of hydrogen-bond donors (Lipinski definition) is 4. The van der Waals surface area contributed by atoms with Gasteiger partial charge in [0.05, 0.1) is 0 Å². The predicted octanol–water partition coefficient (Wildman–Crippen LogP) is 3.73. The van der Waals surface area contributed by atoms with Crippen molar-refractivity contribution in [3.05, 3.63) is 13.8 Å². The van der Waals surface area contributed by atoms with Crippen LogP contribution in [0, 0.1) is 13.8 Å². The van der Waals surface area contributed by atoms with Gasteiger partial charge in [-0.15, -0.1) is 0 Å². The molecule has 0 aliphatic rings. The number of aliphatic carboxylic acids is 1. The molecule has 39 heavy (non-hydrogen) atoms. The van der Waals surface area contributed by atoms with Crippen molar-refractivity contribution in [3.8, 4) is 0 Å². The number of rotatable bonds is 28. The summed E-state index contributed by atoms with van der Waals surface area (Å²) in [6, 6.07) is -0.163. The van der Waals surface area contributed by atoms with E-state index in [4.69, 9.17) is 14.6 Å². The van der Waals surface area contributed by atoms with Crippen molar-refractivity contribution in [2.45, 2.75) is 109 Å². The van der Waals surface area contributed by atoms with Gasteiger partial charge >= 0.3 is 5.97 Å². The fourth-order valence-corrected chi connectivity index (χ4v) is 3.71. The average molecular weight is 556 g/mol. The molecular formula is C29H53N3O7. The van der Waals surface area contributed by atoms with Gasteiger partial charge in [-0.25, -0.2) is 0 Å². The molecule has 0 aliphatic heterocycles. The first-order valence-electron chi connectivity index (χ1n) is 14.7. The van der Waals surface area contributed by atoms with Crippen LogP contribution in [-0.4, -0.2) is 74.4 Å². The Kier molecular flexibility index (Phi) is 25.8. The van der Waals surface area contributed by atoms with Crippen LogP contribution in [-0.2, 0) is 28.7 Å². The third-order valence-corrected chi connectivity index (χ3v) is 5.94. The van der Waals surface area contributed by atoms with Crippen LogP contribution in [0.3, 0.4) is 0 Å². The van der Waals surface area contributed by atoms with Crippen LogP contribution >= 0.6 is 0 Å². The molecule has 0 heterocycles. The van der Waals surface area contributed by atoms with Crippen LogP contribution in [0.5, 0.6) is 0 Å². The second-order valence-electron chi connectivity index (χ2n) is 9.76. The van der Waals surface area contributed by atoms with Gasteiger partial charge in [0, 0.05) is 71.2 Å². The molecule has 226 valence electrons. The zero-order chi connectivity index (χ0) is 29.0. The molecule has 1 atom stereocenters. The molecule has 0 saturated carbocycles. The monoisotopic (exact) mass is 555 g/mol. The fourth-order valence-electron chi connectivity index (χ4n) is 3.71. The first-order chi connectivity index (χ1) is 18.8. The minimum Gasteiger partial charge on any atom is -0.481 e. The van der Waals surface area contributed by atoms with Crippen LogP contribution < -0.4 is 16.0 Å². The summed E-state index contributed by atoms with van der Waals surface area (Å²) in [5, 5.41) is 17.1. The lowest BCUT2D eigenvalue weighted by atomic mass is 10.1. The lowest BCUT2D eigenvalue weighted by Crippen LogP contribution is -2.34. The summed E-state index contributed by atoms with van der Waals surface area (Å²) in [6.07, 6.45) is 11.4. The Morgan fingerprint density at radius 3 is 1.62 bits per heavy atom. The summed E-state index contributed by atoms with van der Waals surface area (Å²) in [7, 11) is 0. The molecule has 10 nitrogen and oxygen atoms in total. The van der Waals surface area contributed by atoms with Gasteiger partial charge in [-0.05, 0) is 51.9 Å². The number of nitrogens with one attached hydrogen (secondary N) is 3. The zero-order valence-corrected chi connectivity index (χ0v) is 23.9. The van der Waals surface area contributed by atoms with Crippen molar-refractivity contribution in [2.75, 3.05) is 39.5 Å². The maximum Gasteiger partial charge on any atom is 0.303 e. The van der Waals surface area contributed by atoms with E-state index in [-0.39, 0.29) is 43.0 Å². The number of carboxylic acids is 1. The molecule has 0 fully saturated rings. The van der Waals surface area contributed by atoms with Crippen LogP contribution in [0.15, 0.2) is 0 Å². The van der Waals surface area contributed by atoms with Gasteiger partial charge in [-0.3, -0.25) is 19.2 Å². The van der Waals surface area contributed by atoms with E-state index in [1.807, 2.05) is 0 Å². The SMILES string of the molecule is [CH2]CCC([CH2])NC(=O)CCC(=O)NCCCOCCCCOCCCNC(=O)CCCCCCCCC(=O)O. The summed E-state index contributed by atoms with van der Waals surface area (Å²) in [5.74, 6) is -0.966. The Morgan fingerprint density at radius 1 is 0.615 bits per heavy atom. The molecule has 0 aromatic carbocycles. The lowest BCUT2D eigenvalue weighted by Gasteiger charge is -2.12. The molecule has 0 aliphatic carbocycles. The van der Waals surface area contributed by atoms with Gasteiger partial charge in [-0.2, -0.15) is 0 Å². The highest BCUT2D eigenvalue weighted by molar-refractivity contribution is 5.83. The first-order valence-corrected chi connectivity index (χ1v) is 14.7. The van der Waals surface area contributed by atoms with E-state index in [1.54, 1.807) is 0 Å². The molecule has 0 spiro atoms. The van der Waals surface area contributed by atoms with E-state index in [0.29, 0.717) is 52.4 Å². The topological polar surface area (TPSA) is 143 Å². The van der Waals surface area contributed by atoms with Gasteiger partial charge in [0.25, 0.3) is 0 Å². The Hall–Kier alpha value is -2.20. The molecule has 3 amide bonds. The Morgan fingerprint density at radius 2 is 1.08 bits per heavy atom. The molecular weight excluding hydrogens is 502 g/mol. The second-order valence-corrected chi connectivity index (χ2v) is 9.76. The van der Waals surface area contributed by atoms with Crippen molar-refractivity contribution in [2.24, 2.45) is 0 Å². The molecule has 4 N–H and O–H groups in total. The number of hydrogen-bond acceptors (Lipinski definition) is 6. The number of amides is 3. The van der Waals surface area contributed by atoms with Crippen LogP contribution in [0.1, 0.15) is 103 Å². The van der Waals surface area contributed by atoms with Gasteiger partial charge in [0.15, 0.2) is 0 Å². The fraction of sp³-hybridized carbons (Fsp3) is 0.793. The highest BCUT2D eigenvalue weighted by atomic mass is 16.5. The number of carboxylic acid groups (broad SMARTS) is 1. The Balaban J connectivity index is 3.32. The Labute approximate surface area is 235 Å². The van der Waals surface area contributed by atoms with Crippen LogP contribution in [0.4, 0.5) is 0 Å². The van der Waals surface area contributed by atoms with Crippen molar-refractivity contribution in [3.63, 3.8) is 0 Å². The van der Waals surface area contributed by atoms with Gasteiger partial charge in [0.1, 0.15) is 0 Å². The quantitative estimate of drug-likeness (QED) is 0.108. The number of carbonyl (C=O) groups excluding carboxylic acids is 3. The maximum atomic E-state index is 11.8. The first kappa shape index (κ1) is 36.8.